The highest BCUT2D eigenvalue weighted by Crippen LogP contribution is 2.39. The fraction of sp³-hybridized carbons (Fsp3) is 0.733. The van der Waals surface area contributed by atoms with E-state index in [4.69, 9.17) is 0 Å². The molecule has 1 fully saturated rings. The van der Waals surface area contributed by atoms with Crippen molar-refractivity contribution in [1.82, 2.24) is 5.32 Å². The van der Waals surface area contributed by atoms with Crippen molar-refractivity contribution in [2.75, 3.05) is 0 Å². The fourth-order valence-electron chi connectivity index (χ4n) is 2.95. The highest BCUT2D eigenvalue weighted by atomic mass is 14.9. The van der Waals surface area contributed by atoms with Gasteiger partial charge in [0, 0.05) is 17.3 Å². The van der Waals surface area contributed by atoms with E-state index in [9.17, 15) is 0 Å². The number of hydrogen-bond acceptors (Lipinski definition) is 0. The van der Waals surface area contributed by atoms with Crippen molar-refractivity contribution in [3.8, 4) is 0 Å². The van der Waals surface area contributed by atoms with Crippen LogP contribution in [0.25, 0.3) is 0 Å². The summed E-state index contributed by atoms with van der Waals surface area (Å²) in [5.41, 5.74) is 1.67. The quantitative estimate of drug-likeness (QED) is 0.614. The van der Waals surface area contributed by atoms with Crippen LogP contribution in [0.2, 0.25) is 0 Å². The van der Waals surface area contributed by atoms with Gasteiger partial charge in [0.1, 0.15) is 0 Å². The lowest BCUT2D eigenvalue weighted by Gasteiger charge is -2.31. The molecule has 0 N–H and O–H groups in total. The zero-order chi connectivity index (χ0) is 11.3. The maximum atomic E-state index is 4.54. The van der Waals surface area contributed by atoms with Crippen LogP contribution in [0.5, 0.6) is 0 Å². The SMILES string of the molecule is CC1(C2=CC=C[N]2)CCCCCCCCC1. The Kier molecular flexibility index (Phi) is 4.09. The summed E-state index contributed by atoms with van der Waals surface area (Å²) in [6.45, 7) is 2.41. The molecule has 0 bridgehead atoms. The van der Waals surface area contributed by atoms with Crippen LogP contribution in [0.3, 0.4) is 0 Å². The van der Waals surface area contributed by atoms with Crippen molar-refractivity contribution in [3.05, 3.63) is 24.0 Å². The van der Waals surface area contributed by atoms with Crippen LogP contribution in [0.4, 0.5) is 0 Å². The monoisotopic (exact) mass is 218 g/mol. The zero-order valence-corrected chi connectivity index (χ0v) is 10.5. The number of nitrogens with zero attached hydrogens (tertiary/aromatic N) is 1. The minimum absolute atomic E-state index is 0.348. The van der Waals surface area contributed by atoms with E-state index < -0.39 is 0 Å². The summed E-state index contributed by atoms with van der Waals surface area (Å²) in [7, 11) is 0. The van der Waals surface area contributed by atoms with Crippen LogP contribution in [-0.2, 0) is 0 Å². The summed E-state index contributed by atoms with van der Waals surface area (Å²) in [5.74, 6) is 0. The Bertz CT molecular complexity index is 265. The van der Waals surface area contributed by atoms with Crippen molar-refractivity contribution >= 4 is 0 Å². The van der Waals surface area contributed by atoms with Gasteiger partial charge in [0.2, 0.25) is 0 Å². The van der Waals surface area contributed by atoms with Crippen LogP contribution in [0, 0.1) is 5.41 Å². The topological polar surface area (TPSA) is 14.1 Å². The third-order valence-corrected chi connectivity index (χ3v) is 4.13. The van der Waals surface area contributed by atoms with Crippen molar-refractivity contribution in [1.29, 1.82) is 0 Å². The number of hydrogen-bond donors (Lipinski definition) is 0. The predicted octanol–water partition coefficient (Wildman–Crippen LogP) is 4.53. The summed E-state index contributed by atoms with van der Waals surface area (Å²) < 4.78 is 0. The molecule has 2 aliphatic rings. The molecule has 0 amide bonds. The smallest absolute Gasteiger partial charge is 0.0463 e. The van der Waals surface area contributed by atoms with E-state index >= 15 is 0 Å². The maximum absolute atomic E-state index is 4.54. The van der Waals surface area contributed by atoms with Gasteiger partial charge < -0.3 is 0 Å². The zero-order valence-electron chi connectivity index (χ0n) is 10.5. The van der Waals surface area contributed by atoms with Crippen molar-refractivity contribution in [2.24, 2.45) is 5.41 Å². The highest BCUT2D eigenvalue weighted by Gasteiger charge is 2.29. The maximum Gasteiger partial charge on any atom is 0.0463 e. The molecule has 1 nitrogen and oxygen atoms in total. The third kappa shape index (κ3) is 2.90. The second-order valence-corrected chi connectivity index (χ2v) is 5.56. The second-order valence-electron chi connectivity index (χ2n) is 5.56. The summed E-state index contributed by atoms with van der Waals surface area (Å²) in [6, 6.07) is 0. The molecule has 1 heteroatoms. The Morgan fingerprint density at radius 3 is 2.00 bits per heavy atom. The molecule has 1 saturated carbocycles. The molecule has 0 aromatic carbocycles. The molecule has 0 saturated heterocycles. The van der Waals surface area contributed by atoms with Gasteiger partial charge in [-0.3, -0.25) is 5.32 Å². The lowest BCUT2D eigenvalue weighted by Crippen LogP contribution is -2.23. The highest BCUT2D eigenvalue weighted by molar-refractivity contribution is 5.25. The summed E-state index contributed by atoms with van der Waals surface area (Å²) in [4.78, 5) is 0. The molecule has 1 aliphatic heterocycles. The first kappa shape index (κ1) is 11.8. The second kappa shape index (κ2) is 5.56. The van der Waals surface area contributed by atoms with Gasteiger partial charge in [0.05, 0.1) is 0 Å². The van der Waals surface area contributed by atoms with E-state index in [1.54, 1.807) is 0 Å². The van der Waals surface area contributed by atoms with Crippen LogP contribution in [0.1, 0.15) is 64.7 Å². The van der Waals surface area contributed by atoms with Crippen molar-refractivity contribution in [3.63, 3.8) is 0 Å². The molecule has 0 spiro atoms. The summed E-state index contributed by atoms with van der Waals surface area (Å²) in [6.07, 6.45) is 18.8. The lowest BCUT2D eigenvalue weighted by molar-refractivity contribution is 0.289. The molecule has 16 heavy (non-hydrogen) atoms. The predicted molar refractivity (Wildman–Crippen MR) is 69.0 cm³/mol. The van der Waals surface area contributed by atoms with Crippen molar-refractivity contribution in [2.45, 2.75) is 64.7 Å². The minimum atomic E-state index is 0.348. The Labute approximate surface area is 100 Å². The molecule has 0 aromatic heterocycles. The lowest BCUT2D eigenvalue weighted by atomic mass is 9.76. The van der Waals surface area contributed by atoms with Crippen molar-refractivity contribution < 1.29 is 0 Å². The van der Waals surface area contributed by atoms with Gasteiger partial charge in [-0.25, -0.2) is 0 Å². The fourth-order valence-corrected chi connectivity index (χ4v) is 2.95. The molecule has 2 rings (SSSR count). The van der Waals surface area contributed by atoms with Crippen LogP contribution in [0.15, 0.2) is 24.0 Å². The van der Waals surface area contributed by atoms with Crippen LogP contribution < -0.4 is 5.32 Å². The van der Waals surface area contributed by atoms with E-state index in [0.717, 1.165) is 0 Å². The Morgan fingerprint density at radius 2 is 1.50 bits per heavy atom. The van der Waals surface area contributed by atoms with Gasteiger partial charge in [-0.05, 0) is 25.0 Å². The van der Waals surface area contributed by atoms with E-state index in [0.29, 0.717) is 5.41 Å². The molecule has 0 unspecified atom stereocenters. The molecule has 0 atom stereocenters. The number of rotatable bonds is 1. The standard InChI is InChI=1S/C15H24N/c1-15(14-10-9-13-16-14)11-7-5-3-2-4-6-8-12-15/h9-10,13H,2-8,11-12H2,1H3. The Balaban J connectivity index is 1.97. The first-order valence-corrected chi connectivity index (χ1v) is 6.89. The normalized spacial score (nSPS) is 25.9. The van der Waals surface area contributed by atoms with Crippen LogP contribution >= 0.6 is 0 Å². The van der Waals surface area contributed by atoms with Gasteiger partial charge in [-0.15, -0.1) is 0 Å². The van der Waals surface area contributed by atoms with E-state index in [1.165, 1.54) is 63.5 Å². The Morgan fingerprint density at radius 1 is 0.938 bits per heavy atom. The molecule has 1 radical (unpaired) electrons. The first-order chi connectivity index (χ1) is 7.81. The molecular weight excluding hydrogens is 194 g/mol. The molecular formula is C15H24N. The van der Waals surface area contributed by atoms with E-state index in [1.807, 2.05) is 6.20 Å². The van der Waals surface area contributed by atoms with E-state index in [-0.39, 0.29) is 0 Å². The van der Waals surface area contributed by atoms with Crippen LogP contribution in [-0.4, -0.2) is 0 Å². The van der Waals surface area contributed by atoms with Gasteiger partial charge in [-0.2, -0.15) is 0 Å². The van der Waals surface area contributed by atoms with Gasteiger partial charge >= 0.3 is 0 Å². The molecule has 89 valence electrons. The van der Waals surface area contributed by atoms with Gasteiger partial charge in [0.25, 0.3) is 0 Å². The molecule has 1 aliphatic carbocycles. The average molecular weight is 218 g/mol. The summed E-state index contributed by atoms with van der Waals surface area (Å²) in [5, 5.41) is 4.54. The molecule has 0 aromatic rings. The summed E-state index contributed by atoms with van der Waals surface area (Å²) >= 11 is 0. The Hall–Kier alpha value is -0.720. The van der Waals surface area contributed by atoms with Gasteiger partial charge in [0.15, 0.2) is 0 Å². The first-order valence-electron chi connectivity index (χ1n) is 6.89. The largest absolute Gasteiger partial charge is 0.261 e. The number of allylic oxidation sites excluding steroid dienone is 3. The minimum Gasteiger partial charge on any atom is -0.261 e. The van der Waals surface area contributed by atoms with E-state index in [2.05, 4.69) is 24.4 Å². The van der Waals surface area contributed by atoms with Gasteiger partial charge in [-0.1, -0.05) is 51.9 Å². The third-order valence-electron chi connectivity index (χ3n) is 4.13. The molecule has 1 heterocycles. The average Bonchev–Trinajstić information content (AvgIpc) is 2.81.